The zero-order valence-corrected chi connectivity index (χ0v) is 9.53. The molecule has 0 saturated carbocycles. The zero-order valence-electron chi connectivity index (χ0n) is 9.53. The molecule has 0 aliphatic rings. The summed E-state index contributed by atoms with van der Waals surface area (Å²) in [4.78, 5) is 3.39. The predicted octanol–water partition coefficient (Wildman–Crippen LogP) is 3.64. The number of nitrogens with one attached hydrogen (secondary N) is 1. The Hall–Kier alpha value is -2.22. The SMILES string of the molecule is COc1ccc2[nH]c(-c3cc[c]cc3)cc2c1. The van der Waals surface area contributed by atoms with Gasteiger partial charge in [0.25, 0.3) is 0 Å². The van der Waals surface area contributed by atoms with Gasteiger partial charge in [-0.2, -0.15) is 0 Å². The fourth-order valence-corrected chi connectivity index (χ4v) is 1.96. The number of aromatic nitrogens is 1. The Morgan fingerprint density at radius 2 is 1.88 bits per heavy atom. The molecule has 3 aromatic rings. The van der Waals surface area contributed by atoms with Gasteiger partial charge in [0.2, 0.25) is 0 Å². The lowest BCUT2D eigenvalue weighted by Crippen LogP contribution is -1.80. The minimum Gasteiger partial charge on any atom is -0.497 e. The van der Waals surface area contributed by atoms with Gasteiger partial charge in [-0.25, -0.2) is 0 Å². The summed E-state index contributed by atoms with van der Waals surface area (Å²) in [6, 6.07) is 19.1. The first-order chi connectivity index (χ1) is 8.36. The van der Waals surface area contributed by atoms with Crippen LogP contribution in [0.1, 0.15) is 0 Å². The van der Waals surface area contributed by atoms with E-state index in [1.165, 1.54) is 5.56 Å². The van der Waals surface area contributed by atoms with Crippen molar-refractivity contribution in [3.05, 3.63) is 54.6 Å². The highest BCUT2D eigenvalue weighted by molar-refractivity contribution is 5.86. The van der Waals surface area contributed by atoms with Crippen molar-refractivity contribution in [1.29, 1.82) is 0 Å². The molecule has 0 bridgehead atoms. The fourth-order valence-electron chi connectivity index (χ4n) is 1.96. The van der Waals surface area contributed by atoms with E-state index in [-0.39, 0.29) is 0 Å². The van der Waals surface area contributed by atoms with Crippen LogP contribution in [0.4, 0.5) is 0 Å². The first-order valence-corrected chi connectivity index (χ1v) is 5.50. The average Bonchev–Trinajstić information content (AvgIpc) is 2.82. The van der Waals surface area contributed by atoms with Crippen molar-refractivity contribution >= 4 is 10.9 Å². The number of hydrogen-bond acceptors (Lipinski definition) is 1. The summed E-state index contributed by atoms with van der Waals surface area (Å²) in [6.07, 6.45) is 0. The number of methoxy groups -OCH3 is 1. The molecule has 1 radical (unpaired) electrons. The summed E-state index contributed by atoms with van der Waals surface area (Å²) in [5.74, 6) is 0.879. The molecule has 3 rings (SSSR count). The van der Waals surface area contributed by atoms with Crippen molar-refractivity contribution < 1.29 is 4.74 Å². The Labute approximate surface area is 99.9 Å². The van der Waals surface area contributed by atoms with Crippen LogP contribution < -0.4 is 4.74 Å². The smallest absolute Gasteiger partial charge is 0.119 e. The van der Waals surface area contributed by atoms with Gasteiger partial charge in [-0.1, -0.05) is 24.3 Å². The summed E-state index contributed by atoms with van der Waals surface area (Å²) in [6.45, 7) is 0. The Kier molecular flexibility index (Phi) is 2.33. The fraction of sp³-hybridized carbons (Fsp3) is 0.0667. The standard InChI is InChI=1S/C15H12NO/c1-17-13-7-8-14-12(9-13)10-15(16-14)11-5-3-2-4-6-11/h3-10,16H,1H3. The van der Waals surface area contributed by atoms with Crippen LogP contribution in [0.5, 0.6) is 5.75 Å². The number of hydrogen-bond donors (Lipinski definition) is 1. The first kappa shape index (κ1) is 9.97. The highest BCUT2D eigenvalue weighted by Gasteiger charge is 2.03. The van der Waals surface area contributed by atoms with Crippen LogP contribution >= 0.6 is 0 Å². The van der Waals surface area contributed by atoms with Crippen molar-refractivity contribution in [3.63, 3.8) is 0 Å². The quantitative estimate of drug-likeness (QED) is 0.703. The summed E-state index contributed by atoms with van der Waals surface area (Å²) >= 11 is 0. The maximum Gasteiger partial charge on any atom is 0.119 e. The van der Waals surface area contributed by atoms with E-state index in [4.69, 9.17) is 4.74 Å². The normalized spacial score (nSPS) is 10.6. The van der Waals surface area contributed by atoms with Gasteiger partial charge in [0, 0.05) is 16.6 Å². The largest absolute Gasteiger partial charge is 0.497 e. The highest BCUT2D eigenvalue weighted by atomic mass is 16.5. The zero-order chi connectivity index (χ0) is 11.7. The van der Waals surface area contributed by atoms with E-state index in [1.54, 1.807) is 7.11 Å². The van der Waals surface area contributed by atoms with E-state index in [1.807, 2.05) is 42.5 Å². The van der Waals surface area contributed by atoms with Crippen LogP contribution in [0.3, 0.4) is 0 Å². The predicted molar refractivity (Wildman–Crippen MR) is 69.1 cm³/mol. The number of H-pyrrole nitrogens is 1. The van der Waals surface area contributed by atoms with Gasteiger partial charge in [0.05, 0.1) is 7.11 Å². The van der Waals surface area contributed by atoms with Crippen LogP contribution in [0.2, 0.25) is 0 Å². The van der Waals surface area contributed by atoms with E-state index < -0.39 is 0 Å². The van der Waals surface area contributed by atoms with E-state index >= 15 is 0 Å². The Bertz CT molecular complexity index is 640. The molecule has 0 aliphatic heterocycles. The molecule has 2 heteroatoms. The molecule has 2 nitrogen and oxygen atoms in total. The van der Waals surface area contributed by atoms with Gasteiger partial charge in [-0.15, -0.1) is 0 Å². The third-order valence-corrected chi connectivity index (χ3v) is 2.86. The van der Waals surface area contributed by atoms with E-state index in [2.05, 4.69) is 17.1 Å². The van der Waals surface area contributed by atoms with Crippen LogP contribution in [-0.4, -0.2) is 12.1 Å². The molecule has 1 heterocycles. The van der Waals surface area contributed by atoms with Gasteiger partial charge in [0.15, 0.2) is 0 Å². The molecule has 1 aromatic heterocycles. The number of aromatic amines is 1. The lowest BCUT2D eigenvalue weighted by Gasteiger charge is -1.97. The molecule has 2 aromatic carbocycles. The number of ether oxygens (including phenoxy) is 1. The van der Waals surface area contributed by atoms with Gasteiger partial charge in [-0.05, 0) is 35.9 Å². The van der Waals surface area contributed by atoms with Gasteiger partial charge < -0.3 is 9.72 Å². The molecule has 83 valence electrons. The Morgan fingerprint density at radius 1 is 1.06 bits per heavy atom. The first-order valence-electron chi connectivity index (χ1n) is 5.50. The average molecular weight is 222 g/mol. The lowest BCUT2D eigenvalue weighted by molar-refractivity contribution is 0.415. The minimum atomic E-state index is 0.879. The van der Waals surface area contributed by atoms with Crippen molar-refractivity contribution in [2.24, 2.45) is 0 Å². The van der Waals surface area contributed by atoms with Gasteiger partial charge in [0.1, 0.15) is 5.75 Å². The third kappa shape index (κ3) is 1.78. The maximum absolute atomic E-state index is 5.22. The summed E-state index contributed by atoms with van der Waals surface area (Å²) in [7, 11) is 1.68. The molecule has 0 atom stereocenters. The Balaban J connectivity index is 2.14. The molecule has 0 aliphatic carbocycles. The van der Waals surface area contributed by atoms with Gasteiger partial charge in [-0.3, -0.25) is 0 Å². The molecule has 0 unspecified atom stereocenters. The molecular weight excluding hydrogens is 210 g/mol. The molecule has 0 fully saturated rings. The molecule has 0 saturated heterocycles. The molecule has 0 spiro atoms. The van der Waals surface area contributed by atoms with Crippen LogP contribution in [0.25, 0.3) is 22.2 Å². The summed E-state index contributed by atoms with van der Waals surface area (Å²) < 4.78 is 5.22. The second kappa shape index (κ2) is 3.98. The monoisotopic (exact) mass is 222 g/mol. The summed E-state index contributed by atoms with van der Waals surface area (Å²) in [5, 5.41) is 1.16. The van der Waals surface area contributed by atoms with E-state index in [0.29, 0.717) is 0 Å². The van der Waals surface area contributed by atoms with Crippen molar-refractivity contribution in [1.82, 2.24) is 4.98 Å². The van der Waals surface area contributed by atoms with Gasteiger partial charge >= 0.3 is 0 Å². The van der Waals surface area contributed by atoms with Crippen molar-refractivity contribution in [3.8, 4) is 17.0 Å². The van der Waals surface area contributed by atoms with Crippen molar-refractivity contribution in [2.45, 2.75) is 0 Å². The third-order valence-electron chi connectivity index (χ3n) is 2.86. The maximum atomic E-state index is 5.22. The molecular formula is C15H12NO. The number of fused-ring (bicyclic) bond motifs is 1. The second-order valence-corrected chi connectivity index (χ2v) is 3.92. The highest BCUT2D eigenvalue weighted by Crippen LogP contribution is 2.26. The molecule has 17 heavy (non-hydrogen) atoms. The van der Waals surface area contributed by atoms with Crippen LogP contribution in [-0.2, 0) is 0 Å². The van der Waals surface area contributed by atoms with E-state index in [0.717, 1.165) is 22.3 Å². The van der Waals surface area contributed by atoms with Crippen LogP contribution in [0.15, 0.2) is 48.5 Å². The lowest BCUT2D eigenvalue weighted by atomic mass is 10.1. The molecule has 1 N–H and O–H groups in total. The summed E-state index contributed by atoms with van der Waals surface area (Å²) in [5.41, 5.74) is 3.40. The van der Waals surface area contributed by atoms with E-state index in [9.17, 15) is 0 Å². The Morgan fingerprint density at radius 3 is 2.65 bits per heavy atom. The topological polar surface area (TPSA) is 25.0 Å². The van der Waals surface area contributed by atoms with Crippen molar-refractivity contribution in [2.75, 3.05) is 7.11 Å². The number of rotatable bonds is 2. The molecule has 0 amide bonds. The van der Waals surface area contributed by atoms with Crippen LogP contribution in [0, 0.1) is 6.07 Å². The second-order valence-electron chi connectivity index (χ2n) is 3.92. The number of benzene rings is 2. The minimum absolute atomic E-state index is 0.879.